The van der Waals surface area contributed by atoms with Gasteiger partial charge in [0.15, 0.2) is 0 Å². The second kappa shape index (κ2) is 8.37. The summed E-state index contributed by atoms with van der Waals surface area (Å²) >= 11 is 0. The van der Waals surface area contributed by atoms with Crippen molar-refractivity contribution < 1.29 is 13.2 Å². The normalized spacial score (nSPS) is 16.4. The molecule has 0 amide bonds. The van der Waals surface area contributed by atoms with Crippen molar-refractivity contribution in [1.82, 2.24) is 18.8 Å². The minimum atomic E-state index is -3.16. The second-order valence-corrected chi connectivity index (χ2v) is 9.88. The number of ether oxygens (including phenoxy) is 1. The molecular formula is C22H28N4O3S. The van der Waals surface area contributed by atoms with E-state index in [0.29, 0.717) is 0 Å². The second-order valence-electron chi connectivity index (χ2n) is 7.84. The molecule has 0 radical (unpaired) electrons. The van der Waals surface area contributed by atoms with Gasteiger partial charge in [-0.3, -0.25) is 9.47 Å². The van der Waals surface area contributed by atoms with Gasteiger partial charge in [-0.05, 0) is 49.2 Å². The van der Waals surface area contributed by atoms with Crippen LogP contribution in [0.1, 0.15) is 18.7 Å². The van der Waals surface area contributed by atoms with Gasteiger partial charge in [0.25, 0.3) is 0 Å². The predicted octanol–water partition coefficient (Wildman–Crippen LogP) is 2.89. The van der Waals surface area contributed by atoms with Crippen molar-refractivity contribution in [3.63, 3.8) is 0 Å². The number of piperidine rings is 1. The highest BCUT2D eigenvalue weighted by Gasteiger charge is 2.28. The Balaban J connectivity index is 1.58. The molecule has 8 heteroatoms. The highest BCUT2D eigenvalue weighted by atomic mass is 32.2. The molecule has 4 rings (SSSR count). The van der Waals surface area contributed by atoms with Gasteiger partial charge >= 0.3 is 0 Å². The first-order valence-electron chi connectivity index (χ1n) is 10.1. The van der Waals surface area contributed by atoms with Crippen LogP contribution < -0.4 is 4.74 Å². The Bertz CT molecular complexity index is 1120. The van der Waals surface area contributed by atoms with E-state index >= 15 is 0 Å². The van der Waals surface area contributed by atoms with Crippen LogP contribution in [0, 0.1) is 0 Å². The average Bonchev–Trinajstić information content (AvgIpc) is 3.11. The third-order valence-electron chi connectivity index (χ3n) is 5.92. The van der Waals surface area contributed by atoms with Crippen LogP contribution in [0.5, 0.6) is 5.75 Å². The Labute approximate surface area is 177 Å². The van der Waals surface area contributed by atoms with Crippen LogP contribution in [0.4, 0.5) is 0 Å². The maximum atomic E-state index is 11.8. The lowest BCUT2D eigenvalue weighted by Gasteiger charge is -2.35. The van der Waals surface area contributed by atoms with Crippen LogP contribution in [0.25, 0.3) is 16.7 Å². The van der Waals surface area contributed by atoms with Crippen molar-refractivity contribution in [2.75, 3.05) is 33.5 Å². The van der Waals surface area contributed by atoms with E-state index in [1.807, 2.05) is 42.5 Å². The number of aromatic nitrogens is 2. The monoisotopic (exact) mass is 428 g/mol. The molecule has 0 unspecified atom stereocenters. The van der Waals surface area contributed by atoms with Gasteiger partial charge in [-0.2, -0.15) is 0 Å². The van der Waals surface area contributed by atoms with Crippen LogP contribution in [0.15, 0.2) is 48.5 Å². The molecule has 0 aliphatic carbocycles. The lowest BCUT2D eigenvalue weighted by atomic mass is 10.1. The molecule has 160 valence electrons. The SMILES string of the molecule is COc1ccc(-n2c(CN3CCC(N(C)S(C)(=O)=O)CC3)nc3ccccc32)cc1. The van der Waals surface area contributed by atoms with E-state index in [1.54, 1.807) is 14.2 Å². The standard InChI is InChI=1S/C22H28N4O3S/c1-24(30(3,27)28)17-12-14-25(15-13-17)16-22-23-20-6-4-5-7-21(20)26(22)18-8-10-19(29-2)11-9-18/h4-11,17H,12-16H2,1-3H3. The van der Waals surface area contributed by atoms with Crippen molar-refractivity contribution in [2.24, 2.45) is 0 Å². The Hall–Kier alpha value is -2.42. The zero-order chi connectivity index (χ0) is 21.3. The Morgan fingerprint density at radius 1 is 1.10 bits per heavy atom. The number of fused-ring (bicyclic) bond motifs is 1. The Morgan fingerprint density at radius 2 is 1.77 bits per heavy atom. The quantitative estimate of drug-likeness (QED) is 0.604. The summed E-state index contributed by atoms with van der Waals surface area (Å²) < 4.78 is 32.7. The largest absolute Gasteiger partial charge is 0.497 e. The Morgan fingerprint density at radius 3 is 2.40 bits per heavy atom. The molecule has 2 aromatic carbocycles. The highest BCUT2D eigenvalue weighted by molar-refractivity contribution is 7.88. The summed E-state index contributed by atoms with van der Waals surface area (Å²) in [5, 5.41) is 0. The molecule has 0 N–H and O–H groups in total. The molecule has 1 aromatic heterocycles. The molecule has 3 aromatic rings. The molecule has 0 spiro atoms. The molecule has 7 nitrogen and oxygen atoms in total. The van der Waals surface area contributed by atoms with E-state index in [2.05, 4.69) is 15.5 Å². The molecule has 1 fully saturated rings. The lowest BCUT2D eigenvalue weighted by Crippen LogP contribution is -2.45. The zero-order valence-electron chi connectivity index (χ0n) is 17.7. The fraction of sp³-hybridized carbons (Fsp3) is 0.409. The smallest absolute Gasteiger partial charge is 0.211 e. The summed E-state index contributed by atoms with van der Waals surface area (Å²) in [6.45, 7) is 2.41. The van der Waals surface area contributed by atoms with Crippen LogP contribution in [-0.2, 0) is 16.6 Å². The van der Waals surface area contributed by atoms with Gasteiger partial charge in [0.05, 0.1) is 30.9 Å². The zero-order valence-corrected chi connectivity index (χ0v) is 18.5. The van der Waals surface area contributed by atoms with Gasteiger partial charge in [0.1, 0.15) is 11.6 Å². The van der Waals surface area contributed by atoms with E-state index < -0.39 is 10.0 Å². The van der Waals surface area contributed by atoms with Crippen molar-refractivity contribution in [3.05, 3.63) is 54.4 Å². The number of nitrogens with zero attached hydrogens (tertiary/aromatic N) is 4. The van der Waals surface area contributed by atoms with Crippen molar-refractivity contribution in [3.8, 4) is 11.4 Å². The molecule has 2 heterocycles. The fourth-order valence-electron chi connectivity index (χ4n) is 4.11. The summed E-state index contributed by atoms with van der Waals surface area (Å²) in [6.07, 6.45) is 2.93. The number of likely N-dealkylation sites (tertiary alicyclic amines) is 1. The van der Waals surface area contributed by atoms with Gasteiger partial charge < -0.3 is 4.74 Å². The van der Waals surface area contributed by atoms with Crippen molar-refractivity contribution >= 4 is 21.1 Å². The van der Waals surface area contributed by atoms with Crippen LogP contribution in [-0.4, -0.2) is 66.7 Å². The van der Waals surface area contributed by atoms with Gasteiger partial charge in [0, 0.05) is 31.9 Å². The summed E-state index contributed by atoms with van der Waals surface area (Å²) in [6, 6.07) is 16.2. The number of benzene rings is 2. The van der Waals surface area contributed by atoms with Crippen molar-refractivity contribution in [2.45, 2.75) is 25.4 Å². The lowest BCUT2D eigenvalue weighted by molar-refractivity contribution is 0.161. The minimum absolute atomic E-state index is 0.0663. The molecule has 0 atom stereocenters. The third-order valence-corrected chi connectivity index (χ3v) is 7.26. The first kappa shape index (κ1) is 20.8. The number of methoxy groups -OCH3 is 1. The summed E-state index contributed by atoms with van der Waals surface area (Å²) in [4.78, 5) is 7.26. The number of hydrogen-bond acceptors (Lipinski definition) is 5. The third kappa shape index (κ3) is 4.21. The molecule has 1 saturated heterocycles. The summed E-state index contributed by atoms with van der Waals surface area (Å²) in [5.74, 6) is 1.80. The molecular weight excluding hydrogens is 400 g/mol. The summed E-state index contributed by atoms with van der Waals surface area (Å²) in [5.41, 5.74) is 3.09. The topological polar surface area (TPSA) is 67.7 Å². The van der Waals surface area contributed by atoms with E-state index in [-0.39, 0.29) is 6.04 Å². The van der Waals surface area contributed by atoms with Gasteiger partial charge in [0.2, 0.25) is 10.0 Å². The van der Waals surface area contributed by atoms with Crippen LogP contribution in [0.3, 0.4) is 0 Å². The average molecular weight is 429 g/mol. The van der Waals surface area contributed by atoms with Gasteiger partial charge in [-0.1, -0.05) is 12.1 Å². The number of hydrogen-bond donors (Lipinski definition) is 0. The maximum absolute atomic E-state index is 11.8. The molecule has 0 bridgehead atoms. The number of imidazole rings is 1. The molecule has 30 heavy (non-hydrogen) atoms. The van der Waals surface area contributed by atoms with Crippen molar-refractivity contribution in [1.29, 1.82) is 0 Å². The van der Waals surface area contributed by atoms with Gasteiger partial charge in [-0.15, -0.1) is 0 Å². The number of para-hydroxylation sites is 2. The van der Waals surface area contributed by atoms with Gasteiger partial charge in [-0.25, -0.2) is 17.7 Å². The fourth-order valence-corrected chi connectivity index (χ4v) is 4.87. The number of rotatable bonds is 6. The highest BCUT2D eigenvalue weighted by Crippen LogP contribution is 2.25. The molecule has 1 aliphatic rings. The summed E-state index contributed by atoms with van der Waals surface area (Å²) in [7, 11) is 0.187. The maximum Gasteiger partial charge on any atom is 0.211 e. The molecule has 0 saturated carbocycles. The van der Waals surface area contributed by atoms with Crippen LogP contribution >= 0.6 is 0 Å². The Kier molecular flexibility index (Phi) is 5.81. The minimum Gasteiger partial charge on any atom is -0.497 e. The van der Waals surface area contributed by atoms with E-state index in [4.69, 9.17) is 9.72 Å². The first-order valence-corrected chi connectivity index (χ1v) is 12.0. The van der Waals surface area contributed by atoms with E-state index in [0.717, 1.165) is 60.8 Å². The predicted molar refractivity (Wildman–Crippen MR) is 119 cm³/mol. The van der Waals surface area contributed by atoms with Crippen LogP contribution in [0.2, 0.25) is 0 Å². The van der Waals surface area contributed by atoms with E-state index in [1.165, 1.54) is 10.6 Å². The van der Waals surface area contributed by atoms with E-state index in [9.17, 15) is 8.42 Å². The first-order chi connectivity index (χ1) is 14.4. The molecule has 1 aliphatic heterocycles. The number of sulfonamides is 1.